The van der Waals surface area contributed by atoms with Crippen LogP contribution in [-0.2, 0) is 10.0 Å². The largest absolute Gasteiger partial charge is 0.492 e. The SMILES string of the molecule is CN(CCOc1cccc(Cl)c1)C(=O)c1cc(S(=O)(=O)NC2CC2)c(Cl)cc1Cl. The van der Waals surface area contributed by atoms with Crippen LogP contribution in [-0.4, -0.2) is 45.5 Å². The summed E-state index contributed by atoms with van der Waals surface area (Å²) in [5.41, 5.74) is 0.0532. The second-order valence-electron chi connectivity index (χ2n) is 6.69. The van der Waals surface area contributed by atoms with Gasteiger partial charge in [0.1, 0.15) is 17.3 Å². The first kappa shape index (κ1) is 22.2. The van der Waals surface area contributed by atoms with Crippen LogP contribution in [0.25, 0.3) is 0 Å². The fraction of sp³-hybridized carbons (Fsp3) is 0.316. The molecule has 2 aromatic rings. The van der Waals surface area contributed by atoms with Crippen molar-refractivity contribution in [3.8, 4) is 5.75 Å². The molecule has 29 heavy (non-hydrogen) atoms. The van der Waals surface area contributed by atoms with Gasteiger partial charge in [0.25, 0.3) is 5.91 Å². The van der Waals surface area contributed by atoms with Gasteiger partial charge in [-0.25, -0.2) is 13.1 Å². The number of amides is 1. The van der Waals surface area contributed by atoms with Gasteiger partial charge in [0.15, 0.2) is 0 Å². The fourth-order valence-corrected chi connectivity index (χ4v) is 4.89. The van der Waals surface area contributed by atoms with Crippen LogP contribution in [0.1, 0.15) is 23.2 Å². The molecule has 0 aliphatic heterocycles. The van der Waals surface area contributed by atoms with E-state index in [1.807, 2.05) is 0 Å². The summed E-state index contributed by atoms with van der Waals surface area (Å²) < 4.78 is 33.2. The Bertz CT molecular complexity index is 1030. The van der Waals surface area contributed by atoms with E-state index in [0.29, 0.717) is 10.8 Å². The smallest absolute Gasteiger partial charge is 0.255 e. The van der Waals surface area contributed by atoms with Crippen molar-refractivity contribution in [1.82, 2.24) is 9.62 Å². The average molecular weight is 478 g/mol. The third-order valence-electron chi connectivity index (χ3n) is 4.28. The van der Waals surface area contributed by atoms with E-state index in [4.69, 9.17) is 39.5 Å². The van der Waals surface area contributed by atoms with Gasteiger partial charge < -0.3 is 9.64 Å². The zero-order valence-electron chi connectivity index (χ0n) is 15.5. The van der Waals surface area contributed by atoms with Gasteiger partial charge in [-0.05, 0) is 43.2 Å². The second kappa shape index (κ2) is 9.10. The quantitative estimate of drug-likeness (QED) is 0.617. The Hall–Kier alpha value is -1.51. The molecule has 0 spiro atoms. The highest BCUT2D eigenvalue weighted by atomic mass is 35.5. The summed E-state index contributed by atoms with van der Waals surface area (Å²) in [6.45, 7) is 0.481. The van der Waals surface area contributed by atoms with Crippen molar-refractivity contribution in [2.45, 2.75) is 23.8 Å². The maximum Gasteiger partial charge on any atom is 0.255 e. The molecule has 1 N–H and O–H groups in total. The first-order valence-corrected chi connectivity index (χ1v) is 11.4. The van der Waals surface area contributed by atoms with Crippen molar-refractivity contribution in [2.24, 2.45) is 0 Å². The van der Waals surface area contributed by atoms with Crippen molar-refractivity contribution in [2.75, 3.05) is 20.2 Å². The van der Waals surface area contributed by atoms with Crippen molar-refractivity contribution >= 4 is 50.7 Å². The minimum atomic E-state index is -3.83. The molecule has 0 aromatic heterocycles. The summed E-state index contributed by atoms with van der Waals surface area (Å²) in [7, 11) is -2.26. The van der Waals surface area contributed by atoms with E-state index in [2.05, 4.69) is 4.72 Å². The van der Waals surface area contributed by atoms with Crippen LogP contribution < -0.4 is 9.46 Å². The lowest BCUT2D eigenvalue weighted by atomic mass is 10.2. The summed E-state index contributed by atoms with van der Waals surface area (Å²) in [4.78, 5) is 14.0. The third kappa shape index (κ3) is 5.77. The number of likely N-dealkylation sites (N-methyl/N-ethyl adjacent to an activating group) is 1. The molecule has 0 saturated heterocycles. The molecule has 1 fully saturated rings. The Morgan fingerprint density at radius 1 is 1.17 bits per heavy atom. The molecule has 156 valence electrons. The molecule has 2 aromatic carbocycles. The minimum Gasteiger partial charge on any atom is -0.492 e. The van der Waals surface area contributed by atoms with E-state index < -0.39 is 15.9 Å². The van der Waals surface area contributed by atoms with E-state index in [0.717, 1.165) is 12.8 Å². The number of hydrogen-bond acceptors (Lipinski definition) is 4. The lowest BCUT2D eigenvalue weighted by Gasteiger charge is -2.19. The monoisotopic (exact) mass is 476 g/mol. The number of nitrogens with one attached hydrogen (secondary N) is 1. The topological polar surface area (TPSA) is 75.7 Å². The molecule has 0 radical (unpaired) electrons. The van der Waals surface area contributed by atoms with Gasteiger partial charge in [0, 0.05) is 18.1 Å². The van der Waals surface area contributed by atoms with Gasteiger partial charge in [0.05, 0.1) is 22.2 Å². The van der Waals surface area contributed by atoms with Crippen LogP contribution in [0.4, 0.5) is 0 Å². The average Bonchev–Trinajstić information content (AvgIpc) is 3.44. The first-order valence-electron chi connectivity index (χ1n) is 8.82. The van der Waals surface area contributed by atoms with Crippen molar-refractivity contribution in [3.05, 3.63) is 57.0 Å². The predicted octanol–water partition coefficient (Wildman–Crippen LogP) is 4.24. The molecule has 10 heteroatoms. The van der Waals surface area contributed by atoms with E-state index in [1.54, 1.807) is 31.3 Å². The number of carbonyl (C=O) groups is 1. The van der Waals surface area contributed by atoms with E-state index in [9.17, 15) is 13.2 Å². The number of nitrogens with zero attached hydrogens (tertiary/aromatic N) is 1. The summed E-state index contributed by atoms with van der Waals surface area (Å²) >= 11 is 18.2. The van der Waals surface area contributed by atoms with Crippen LogP contribution in [0, 0.1) is 0 Å². The molecular weight excluding hydrogens is 459 g/mol. The summed E-state index contributed by atoms with van der Waals surface area (Å²) in [5, 5.41) is 0.591. The Morgan fingerprint density at radius 2 is 1.90 bits per heavy atom. The molecular formula is C19H19Cl3N2O4S. The van der Waals surface area contributed by atoms with Gasteiger partial charge in [-0.2, -0.15) is 0 Å². The number of sulfonamides is 1. The fourth-order valence-electron chi connectivity index (χ4n) is 2.55. The van der Waals surface area contributed by atoms with Crippen LogP contribution in [0.5, 0.6) is 5.75 Å². The van der Waals surface area contributed by atoms with Crippen LogP contribution in [0.15, 0.2) is 41.3 Å². The Kier molecular flexibility index (Phi) is 6.96. The molecule has 0 heterocycles. The van der Waals surface area contributed by atoms with Crippen molar-refractivity contribution in [3.63, 3.8) is 0 Å². The Morgan fingerprint density at radius 3 is 2.55 bits per heavy atom. The van der Waals surface area contributed by atoms with Crippen LogP contribution >= 0.6 is 34.8 Å². The molecule has 1 saturated carbocycles. The molecule has 0 atom stereocenters. The maximum absolute atomic E-state index is 12.8. The van der Waals surface area contributed by atoms with E-state index in [-0.39, 0.29) is 39.7 Å². The number of rotatable bonds is 8. The Labute approximate surface area is 184 Å². The number of carbonyl (C=O) groups excluding carboxylic acids is 1. The van der Waals surface area contributed by atoms with E-state index >= 15 is 0 Å². The zero-order valence-corrected chi connectivity index (χ0v) is 18.6. The van der Waals surface area contributed by atoms with Crippen LogP contribution in [0.2, 0.25) is 15.1 Å². The highest BCUT2D eigenvalue weighted by Crippen LogP contribution is 2.31. The van der Waals surface area contributed by atoms with Gasteiger partial charge in [-0.15, -0.1) is 0 Å². The van der Waals surface area contributed by atoms with Gasteiger partial charge in [0.2, 0.25) is 10.0 Å². The van der Waals surface area contributed by atoms with Gasteiger partial charge in [-0.1, -0.05) is 40.9 Å². The van der Waals surface area contributed by atoms with E-state index in [1.165, 1.54) is 17.0 Å². The molecule has 1 aliphatic rings. The Balaban J connectivity index is 1.71. The number of halogens is 3. The minimum absolute atomic E-state index is 0.0355. The molecule has 0 bridgehead atoms. The molecule has 3 rings (SSSR count). The lowest BCUT2D eigenvalue weighted by molar-refractivity contribution is 0.0773. The molecule has 1 aliphatic carbocycles. The number of benzene rings is 2. The van der Waals surface area contributed by atoms with Gasteiger partial charge >= 0.3 is 0 Å². The predicted molar refractivity (Wildman–Crippen MR) is 114 cm³/mol. The van der Waals surface area contributed by atoms with Crippen molar-refractivity contribution in [1.29, 1.82) is 0 Å². The van der Waals surface area contributed by atoms with Crippen molar-refractivity contribution < 1.29 is 17.9 Å². The molecule has 0 unspecified atom stereocenters. The normalized spacial score (nSPS) is 13.9. The first-order chi connectivity index (χ1) is 13.7. The zero-order chi connectivity index (χ0) is 21.2. The summed E-state index contributed by atoms with van der Waals surface area (Å²) in [5.74, 6) is 0.145. The molecule has 1 amide bonds. The lowest BCUT2D eigenvalue weighted by Crippen LogP contribution is -2.31. The maximum atomic E-state index is 12.8. The summed E-state index contributed by atoms with van der Waals surface area (Å²) in [6.07, 6.45) is 1.57. The third-order valence-corrected chi connectivity index (χ3v) is 6.81. The number of hydrogen-bond donors (Lipinski definition) is 1. The highest BCUT2D eigenvalue weighted by molar-refractivity contribution is 7.89. The molecule has 6 nitrogen and oxygen atoms in total. The second-order valence-corrected chi connectivity index (χ2v) is 9.62. The number of ether oxygens (including phenoxy) is 1. The van der Waals surface area contributed by atoms with Gasteiger partial charge in [-0.3, -0.25) is 4.79 Å². The highest BCUT2D eigenvalue weighted by Gasteiger charge is 2.30. The standard InChI is InChI=1S/C19H19Cl3N2O4S/c1-24(7-8-28-14-4-2-3-12(20)9-14)19(25)15-10-18(17(22)11-16(15)21)29(26,27)23-13-5-6-13/h2-4,9-11,13,23H,5-8H2,1H3. The van der Waals surface area contributed by atoms with Crippen LogP contribution in [0.3, 0.4) is 0 Å². The summed E-state index contributed by atoms with van der Waals surface area (Å²) in [6, 6.07) is 9.32.